The molecule has 0 saturated heterocycles. The Morgan fingerprint density at radius 2 is 2.33 bits per heavy atom. The van der Waals surface area contributed by atoms with Gasteiger partial charge in [0.15, 0.2) is 5.84 Å². The summed E-state index contributed by atoms with van der Waals surface area (Å²) in [6.07, 6.45) is 3.32. The molecule has 6 heteroatoms. The Balaban J connectivity index is 2.54. The van der Waals surface area contributed by atoms with E-state index in [2.05, 4.69) is 10.5 Å². The van der Waals surface area contributed by atoms with E-state index in [4.69, 9.17) is 10.9 Å². The van der Waals surface area contributed by atoms with Crippen LogP contribution < -0.4 is 11.1 Å². The summed E-state index contributed by atoms with van der Waals surface area (Å²) < 4.78 is 0. The first-order chi connectivity index (χ1) is 7.06. The molecule has 0 spiro atoms. The van der Waals surface area contributed by atoms with Crippen molar-refractivity contribution >= 4 is 23.5 Å². The van der Waals surface area contributed by atoms with Gasteiger partial charge >= 0.3 is 0 Å². The number of amides is 1. The Morgan fingerprint density at radius 3 is 2.73 bits per heavy atom. The van der Waals surface area contributed by atoms with E-state index in [0.29, 0.717) is 12.8 Å². The normalized spacial score (nSPS) is 20.8. The summed E-state index contributed by atoms with van der Waals surface area (Å²) >= 11 is 1.67. The fourth-order valence-electron chi connectivity index (χ4n) is 1.47. The zero-order valence-corrected chi connectivity index (χ0v) is 9.80. The van der Waals surface area contributed by atoms with Crippen LogP contribution in [-0.4, -0.2) is 35.0 Å². The number of hydrogen-bond acceptors (Lipinski definition) is 4. The predicted octanol–water partition coefficient (Wildman–Crippen LogP) is 0.381. The van der Waals surface area contributed by atoms with E-state index in [1.807, 2.05) is 13.2 Å². The highest BCUT2D eigenvalue weighted by Crippen LogP contribution is 2.46. The zero-order chi connectivity index (χ0) is 11.5. The molecular weight excluding hydrogens is 214 g/mol. The number of thioether (sulfide) groups is 1. The van der Waals surface area contributed by atoms with Gasteiger partial charge in [-0.15, -0.1) is 0 Å². The lowest BCUT2D eigenvalue weighted by molar-refractivity contribution is -0.124. The topological polar surface area (TPSA) is 87.7 Å². The van der Waals surface area contributed by atoms with Crippen LogP contribution in [0.15, 0.2) is 5.16 Å². The van der Waals surface area contributed by atoms with Gasteiger partial charge in [-0.1, -0.05) is 5.16 Å². The van der Waals surface area contributed by atoms with Gasteiger partial charge in [-0.05, 0) is 26.0 Å². The average molecular weight is 231 g/mol. The lowest BCUT2D eigenvalue weighted by Crippen LogP contribution is -2.44. The van der Waals surface area contributed by atoms with Gasteiger partial charge < -0.3 is 16.3 Å². The van der Waals surface area contributed by atoms with Crippen LogP contribution in [0.5, 0.6) is 0 Å². The molecule has 4 N–H and O–H groups in total. The van der Waals surface area contributed by atoms with Crippen molar-refractivity contribution in [3.8, 4) is 0 Å². The Hall–Kier alpha value is -0.910. The van der Waals surface area contributed by atoms with Gasteiger partial charge in [-0.3, -0.25) is 4.79 Å². The molecule has 1 aliphatic carbocycles. The average Bonchev–Trinajstić information content (AvgIpc) is 2.97. The number of nitrogens with one attached hydrogen (secondary N) is 1. The maximum Gasteiger partial charge on any atom is 0.234 e. The van der Waals surface area contributed by atoms with Crippen LogP contribution in [0.1, 0.15) is 19.8 Å². The summed E-state index contributed by atoms with van der Waals surface area (Å²) in [6, 6.07) is 0.108. The van der Waals surface area contributed by atoms with Crippen molar-refractivity contribution in [2.24, 2.45) is 16.3 Å². The van der Waals surface area contributed by atoms with Crippen LogP contribution in [0, 0.1) is 5.41 Å². The minimum atomic E-state index is -0.735. The smallest absolute Gasteiger partial charge is 0.234 e. The third kappa shape index (κ3) is 2.56. The van der Waals surface area contributed by atoms with Gasteiger partial charge in [0.05, 0.1) is 0 Å². The highest BCUT2D eigenvalue weighted by molar-refractivity contribution is 7.98. The van der Waals surface area contributed by atoms with E-state index in [1.165, 1.54) is 0 Å². The van der Waals surface area contributed by atoms with Crippen LogP contribution in [0.3, 0.4) is 0 Å². The van der Waals surface area contributed by atoms with E-state index in [9.17, 15) is 4.79 Å². The largest absolute Gasteiger partial charge is 0.409 e. The molecule has 1 saturated carbocycles. The molecule has 0 heterocycles. The monoisotopic (exact) mass is 231 g/mol. The summed E-state index contributed by atoms with van der Waals surface area (Å²) in [6.45, 7) is 1.94. The van der Waals surface area contributed by atoms with Gasteiger partial charge in [0.1, 0.15) is 5.41 Å². The maximum absolute atomic E-state index is 11.8. The van der Waals surface area contributed by atoms with Gasteiger partial charge in [-0.25, -0.2) is 0 Å². The van der Waals surface area contributed by atoms with E-state index in [1.54, 1.807) is 11.8 Å². The highest BCUT2D eigenvalue weighted by Gasteiger charge is 2.54. The van der Waals surface area contributed by atoms with Crippen LogP contribution >= 0.6 is 11.8 Å². The Bertz CT molecular complexity index is 277. The second kappa shape index (κ2) is 4.74. The first-order valence-electron chi connectivity index (χ1n) is 4.84. The molecule has 0 aromatic rings. The number of hydrogen-bond donors (Lipinski definition) is 3. The number of nitrogens with two attached hydrogens (primary N) is 1. The van der Waals surface area contributed by atoms with Gasteiger partial charge in [0.2, 0.25) is 5.91 Å². The van der Waals surface area contributed by atoms with Crippen molar-refractivity contribution < 1.29 is 10.0 Å². The summed E-state index contributed by atoms with van der Waals surface area (Å²) in [7, 11) is 0. The predicted molar refractivity (Wildman–Crippen MR) is 61.1 cm³/mol. The molecule has 1 amide bonds. The van der Waals surface area contributed by atoms with Crippen molar-refractivity contribution in [1.29, 1.82) is 0 Å². The van der Waals surface area contributed by atoms with Crippen LogP contribution in [0.25, 0.3) is 0 Å². The second-order valence-electron chi connectivity index (χ2n) is 3.90. The minimum absolute atomic E-state index is 0.0244. The second-order valence-corrected chi connectivity index (χ2v) is 4.81. The minimum Gasteiger partial charge on any atom is -0.409 e. The number of nitrogens with zero attached hydrogens (tertiary/aromatic N) is 1. The van der Waals surface area contributed by atoms with Crippen molar-refractivity contribution in [2.75, 3.05) is 12.0 Å². The first-order valence-corrected chi connectivity index (χ1v) is 6.24. The third-order valence-electron chi connectivity index (χ3n) is 2.58. The quantitative estimate of drug-likeness (QED) is 0.276. The number of oxime groups is 1. The number of carbonyl (C=O) groups excluding carboxylic acids is 1. The van der Waals surface area contributed by atoms with Crippen molar-refractivity contribution in [1.82, 2.24) is 5.32 Å². The standard InChI is InChI=1S/C9H17N3O2S/c1-6(5-15-2)11-8(13)9(3-4-9)7(10)12-14/h6,14H,3-5H2,1-2H3,(H2,10,12)(H,11,13). The fraction of sp³-hybridized carbons (Fsp3) is 0.778. The van der Waals surface area contributed by atoms with Crippen LogP contribution in [0.2, 0.25) is 0 Å². The van der Waals surface area contributed by atoms with Gasteiger partial charge in [0, 0.05) is 11.8 Å². The Labute approximate surface area is 93.5 Å². The van der Waals surface area contributed by atoms with Crippen LogP contribution in [-0.2, 0) is 4.79 Å². The molecule has 0 bridgehead atoms. The summed E-state index contributed by atoms with van der Waals surface area (Å²) in [5, 5.41) is 14.4. The number of amidine groups is 1. The number of carbonyl (C=O) groups is 1. The van der Waals surface area contributed by atoms with Crippen molar-refractivity contribution in [3.63, 3.8) is 0 Å². The van der Waals surface area contributed by atoms with Gasteiger partial charge in [-0.2, -0.15) is 11.8 Å². The molecule has 0 aromatic heterocycles. The van der Waals surface area contributed by atoms with E-state index in [-0.39, 0.29) is 17.8 Å². The van der Waals surface area contributed by atoms with E-state index >= 15 is 0 Å². The van der Waals surface area contributed by atoms with Crippen molar-refractivity contribution in [3.05, 3.63) is 0 Å². The van der Waals surface area contributed by atoms with E-state index < -0.39 is 5.41 Å². The molecular formula is C9H17N3O2S. The molecule has 5 nitrogen and oxygen atoms in total. The van der Waals surface area contributed by atoms with Crippen molar-refractivity contribution in [2.45, 2.75) is 25.8 Å². The molecule has 1 aliphatic rings. The lowest BCUT2D eigenvalue weighted by atomic mass is 10.1. The van der Waals surface area contributed by atoms with E-state index in [0.717, 1.165) is 5.75 Å². The molecule has 15 heavy (non-hydrogen) atoms. The molecule has 86 valence electrons. The maximum atomic E-state index is 11.8. The molecule has 1 rings (SSSR count). The third-order valence-corrected chi connectivity index (χ3v) is 3.41. The molecule has 1 unspecified atom stereocenters. The fourth-order valence-corrected chi connectivity index (χ4v) is 2.06. The molecule has 1 fully saturated rings. The lowest BCUT2D eigenvalue weighted by Gasteiger charge is -2.17. The molecule has 1 atom stereocenters. The highest BCUT2D eigenvalue weighted by atomic mass is 32.2. The van der Waals surface area contributed by atoms with Crippen LogP contribution in [0.4, 0.5) is 0 Å². The summed E-state index contributed by atoms with van der Waals surface area (Å²) in [5.74, 6) is 0.758. The first kappa shape index (κ1) is 12.2. The molecule has 0 aromatic carbocycles. The molecule has 0 radical (unpaired) electrons. The SMILES string of the molecule is CSCC(C)NC(=O)C1(C(N)=NO)CC1. The summed E-state index contributed by atoms with van der Waals surface area (Å²) in [5.41, 5.74) is 4.76. The van der Waals surface area contributed by atoms with Gasteiger partial charge in [0.25, 0.3) is 0 Å². The summed E-state index contributed by atoms with van der Waals surface area (Å²) in [4.78, 5) is 11.8. The number of rotatable bonds is 5. The zero-order valence-electron chi connectivity index (χ0n) is 8.99. The Morgan fingerprint density at radius 1 is 1.73 bits per heavy atom. The Kier molecular flexibility index (Phi) is 3.84. The molecule has 0 aliphatic heterocycles.